The summed E-state index contributed by atoms with van der Waals surface area (Å²) in [5.74, 6) is -2.03. The second-order valence-corrected chi connectivity index (χ2v) is 6.12. The number of ether oxygens (including phenoxy) is 1. The number of hydrogen-bond acceptors (Lipinski definition) is 4. The number of aromatic carboxylic acids is 1. The molecule has 0 saturated heterocycles. The van der Waals surface area contributed by atoms with Gasteiger partial charge >= 0.3 is 11.9 Å². The Hall–Kier alpha value is -2.60. The minimum Gasteiger partial charge on any atom is -0.478 e. The molecular weight excluding hydrogens is 358 g/mol. The Kier molecular flexibility index (Phi) is 6.21. The van der Waals surface area contributed by atoms with E-state index >= 15 is 0 Å². The first-order valence-electron chi connectivity index (χ1n) is 8.21. The maximum absolute atomic E-state index is 13.0. The lowest BCUT2D eigenvalue weighted by Gasteiger charge is -2.08. The number of halogens is 1. The van der Waals surface area contributed by atoms with E-state index < -0.39 is 11.9 Å². The number of hydrogen-bond donors (Lipinski definition) is 1. The van der Waals surface area contributed by atoms with Gasteiger partial charge in [-0.2, -0.15) is 0 Å². The van der Waals surface area contributed by atoms with Crippen LogP contribution in [0.15, 0.2) is 24.3 Å². The quantitative estimate of drug-likeness (QED) is 0.591. The van der Waals surface area contributed by atoms with Crippen molar-refractivity contribution in [2.75, 3.05) is 6.61 Å². The van der Waals surface area contributed by atoms with Gasteiger partial charge in [-0.05, 0) is 43.2 Å². The summed E-state index contributed by atoms with van der Waals surface area (Å²) in [6.07, 6.45) is 0.125. The number of ketones is 1. The minimum absolute atomic E-state index is 0.0135. The number of esters is 1. The van der Waals surface area contributed by atoms with Crippen molar-refractivity contribution in [3.8, 4) is 0 Å². The molecule has 0 aliphatic carbocycles. The average Bonchev–Trinajstić information content (AvgIpc) is 2.87. The van der Waals surface area contributed by atoms with Crippen LogP contribution >= 0.6 is 11.6 Å². The summed E-state index contributed by atoms with van der Waals surface area (Å²) < 4.78 is 6.41. The van der Waals surface area contributed by atoms with Gasteiger partial charge in [0.2, 0.25) is 5.78 Å². The summed E-state index contributed by atoms with van der Waals surface area (Å²) in [5.41, 5.74) is 1.29. The molecule has 0 aliphatic heterocycles. The summed E-state index contributed by atoms with van der Waals surface area (Å²) >= 11 is 5.86. The van der Waals surface area contributed by atoms with Crippen LogP contribution in [-0.2, 0) is 29.4 Å². The van der Waals surface area contributed by atoms with Crippen LogP contribution in [-0.4, -0.2) is 34.0 Å². The molecule has 1 aromatic heterocycles. The van der Waals surface area contributed by atoms with Gasteiger partial charge in [0.05, 0.1) is 24.3 Å². The summed E-state index contributed by atoms with van der Waals surface area (Å²) in [4.78, 5) is 36.7. The molecule has 1 heterocycles. The average molecular weight is 378 g/mol. The van der Waals surface area contributed by atoms with E-state index in [1.54, 1.807) is 45.2 Å². The monoisotopic (exact) mass is 377 g/mol. The first kappa shape index (κ1) is 19.7. The Labute approximate surface area is 156 Å². The van der Waals surface area contributed by atoms with Crippen molar-refractivity contribution in [3.05, 3.63) is 57.4 Å². The highest BCUT2D eigenvalue weighted by Gasteiger charge is 2.29. The molecule has 7 heteroatoms. The van der Waals surface area contributed by atoms with E-state index in [1.807, 2.05) is 0 Å². The molecule has 138 valence electrons. The first-order valence-corrected chi connectivity index (χ1v) is 8.59. The topological polar surface area (TPSA) is 85.6 Å². The third-order valence-electron chi connectivity index (χ3n) is 4.12. The summed E-state index contributed by atoms with van der Waals surface area (Å²) in [6, 6.07) is 6.37. The third kappa shape index (κ3) is 3.80. The van der Waals surface area contributed by atoms with Crippen molar-refractivity contribution in [3.63, 3.8) is 0 Å². The van der Waals surface area contributed by atoms with Crippen molar-refractivity contribution in [2.24, 2.45) is 7.05 Å². The molecule has 0 fully saturated rings. The molecular formula is C19H20ClNO5. The Bertz CT molecular complexity index is 852. The van der Waals surface area contributed by atoms with E-state index in [4.69, 9.17) is 16.3 Å². The largest absolute Gasteiger partial charge is 0.478 e. The molecule has 6 nitrogen and oxygen atoms in total. The van der Waals surface area contributed by atoms with E-state index in [9.17, 15) is 19.5 Å². The summed E-state index contributed by atoms with van der Waals surface area (Å²) in [5, 5.41) is 10.2. The van der Waals surface area contributed by atoms with E-state index in [1.165, 1.54) is 4.57 Å². The zero-order valence-electron chi connectivity index (χ0n) is 14.8. The van der Waals surface area contributed by atoms with Crippen LogP contribution in [0.2, 0.25) is 5.02 Å². The minimum atomic E-state index is -1.17. The number of carbonyl (C=O) groups excluding carboxylic acids is 2. The number of carboxylic acids is 1. The lowest BCUT2D eigenvalue weighted by Crippen LogP contribution is -2.15. The predicted octanol–water partition coefficient (Wildman–Crippen LogP) is 3.28. The standard InChI is InChI=1S/C19H20ClNO5/c1-4-13-16(19(24)25)14(10-15(22)26-5-2)21(3)17(13)18(23)11-6-8-12(20)9-7-11/h6-9H,4-5,10H2,1-3H3,(H,24,25). The number of aromatic nitrogens is 1. The van der Waals surface area contributed by atoms with Crippen LogP contribution in [0.5, 0.6) is 0 Å². The Balaban J connectivity index is 2.61. The molecule has 0 spiro atoms. The van der Waals surface area contributed by atoms with Crippen LogP contribution in [0.25, 0.3) is 0 Å². The Morgan fingerprint density at radius 3 is 2.27 bits per heavy atom. The number of carboxylic acid groups (broad SMARTS) is 1. The van der Waals surface area contributed by atoms with Crippen molar-refractivity contribution >= 4 is 29.3 Å². The van der Waals surface area contributed by atoms with Crippen LogP contribution in [0.3, 0.4) is 0 Å². The zero-order valence-corrected chi connectivity index (χ0v) is 15.6. The van der Waals surface area contributed by atoms with Crippen LogP contribution in [0, 0.1) is 0 Å². The molecule has 2 aromatic rings. The van der Waals surface area contributed by atoms with Crippen molar-refractivity contribution < 1.29 is 24.2 Å². The van der Waals surface area contributed by atoms with Crippen LogP contribution < -0.4 is 0 Å². The fourth-order valence-electron chi connectivity index (χ4n) is 2.98. The van der Waals surface area contributed by atoms with E-state index in [2.05, 4.69) is 0 Å². The molecule has 0 saturated carbocycles. The normalized spacial score (nSPS) is 10.6. The van der Waals surface area contributed by atoms with Gasteiger partial charge in [-0.3, -0.25) is 9.59 Å². The molecule has 0 atom stereocenters. The SMILES string of the molecule is CCOC(=O)Cc1c(C(=O)O)c(CC)c(C(=O)c2ccc(Cl)cc2)n1C. The van der Waals surface area contributed by atoms with Crippen molar-refractivity contribution in [2.45, 2.75) is 26.7 Å². The number of carbonyl (C=O) groups is 3. The highest BCUT2D eigenvalue weighted by molar-refractivity contribution is 6.30. The molecule has 2 rings (SSSR count). The summed E-state index contributed by atoms with van der Waals surface area (Å²) in [7, 11) is 1.59. The fourth-order valence-corrected chi connectivity index (χ4v) is 3.10. The maximum Gasteiger partial charge on any atom is 0.337 e. The summed E-state index contributed by atoms with van der Waals surface area (Å²) in [6.45, 7) is 3.64. The Morgan fingerprint density at radius 2 is 1.77 bits per heavy atom. The fraction of sp³-hybridized carbons (Fsp3) is 0.316. The number of rotatable bonds is 7. The molecule has 0 unspecified atom stereocenters. The van der Waals surface area contributed by atoms with Gasteiger partial charge in [0, 0.05) is 23.3 Å². The van der Waals surface area contributed by atoms with Gasteiger partial charge in [0.15, 0.2) is 0 Å². The first-order chi connectivity index (χ1) is 12.3. The second kappa shape index (κ2) is 8.19. The molecule has 26 heavy (non-hydrogen) atoms. The van der Waals surface area contributed by atoms with Crippen LogP contribution in [0.1, 0.15) is 51.5 Å². The molecule has 1 aromatic carbocycles. The number of benzene rings is 1. The zero-order chi connectivity index (χ0) is 19.4. The highest BCUT2D eigenvalue weighted by Crippen LogP contribution is 2.27. The van der Waals surface area contributed by atoms with Crippen molar-refractivity contribution in [1.82, 2.24) is 4.57 Å². The van der Waals surface area contributed by atoms with Gasteiger partial charge in [0.25, 0.3) is 0 Å². The maximum atomic E-state index is 13.0. The highest BCUT2D eigenvalue weighted by atomic mass is 35.5. The van der Waals surface area contributed by atoms with Gasteiger partial charge in [-0.1, -0.05) is 18.5 Å². The lowest BCUT2D eigenvalue weighted by atomic mass is 10.00. The predicted molar refractivity (Wildman–Crippen MR) is 97.0 cm³/mol. The van der Waals surface area contributed by atoms with Gasteiger partial charge in [-0.15, -0.1) is 0 Å². The van der Waals surface area contributed by atoms with Crippen LogP contribution in [0.4, 0.5) is 0 Å². The molecule has 0 radical (unpaired) electrons. The van der Waals surface area contributed by atoms with Gasteiger partial charge < -0.3 is 14.4 Å². The van der Waals surface area contributed by atoms with Crippen molar-refractivity contribution in [1.29, 1.82) is 0 Å². The molecule has 0 bridgehead atoms. The third-order valence-corrected chi connectivity index (χ3v) is 4.37. The molecule has 0 aliphatic rings. The van der Waals surface area contributed by atoms with Gasteiger partial charge in [-0.25, -0.2) is 4.79 Å². The molecule has 0 amide bonds. The second-order valence-electron chi connectivity index (χ2n) is 5.68. The van der Waals surface area contributed by atoms with Gasteiger partial charge in [0.1, 0.15) is 0 Å². The lowest BCUT2D eigenvalue weighted by molar-refractivity contribution is -0.142. The smallest absolute Gasteiger partial charge is 0.337 e. The molecule has 1 N–H and O–H groups in total. The van der Waals surface area contributed by atoms with E-state index in [0.717, 1.165) is 0 Å². The van der Waals surface area contributed by atoms with E-state index in [-0.39, 0.29) is 35.8 Å². The Morgan fingerprint density at radius 1 is 1.15 bits per heavy atom. The van der Waals surface area contributed by atoms with E-state index in [0.29, 0.717) is 22.6 Å². The number of nitrogens with zero attached hydrogens (tertiary/aromatic N) is 1.